The molecule has 0 spiro atoms. The summed E-state index contributed by atoms with van der Waals surface area (Å²) in [6.45, 7) is 4.66. The van der Waals surface area contributed by atoms with E-state index in [1.165, 1.54) is 0 Å². The summed E-state index contributed by atoms with van der Waals surface area (Å²) in [5.74, 6) is 0.827. The van der Waals surface area contributed by atoms with E-state index in [2.05, 4.69) is 0 Å². The predicted molar refractivity (Wildman–Crippen MR) is 52.1 cm³/mol. The molecule has 1 heterocycles. The van der Waals surface area contributed by atoms with E-state index in [1.54, 1.807) is 6.26 Å². The van der Waals surface area contributed by atoms with E-state index < -0.39 is 0 Å². The first kappa shape index (κ1) is 8.17. The van der Waals surface area contributed by atoms with Crippen molar-refractivity contribution in [3.05, 3.63) is 30.0 Å². The third kappa shape index (κ3) is 1.28. The molecule has 13 heavy (non-hydrogen) atoms. The molecule has 0 N–H and O–H groups in total. The molecule has 0 amide bonds. The number of hydrogen-bond donors (Lipinski definition) is 0. The van der Waals surface area contributed by atoms with Crippen LogP contribution >= 0.6 is 0 Å². The topological polar surface area (TPSA) is 22.4 Å². The van der Waals surface area contributed by atoms with E-state index in [-0.39, 0.29) is 0 Å². The first-order chi connectivity index (χ1) is 6.33. The lowest BCUT2D eigenvalue weighted by molar-refractivity contribution is 0.338. The molecule has 1 aromatic carbocycles. The average Bonchev–Trinajstić information content (AvgIpc) is 2.50. The molecule has 2 heteroatoms. The monoisotopic (exact) mass is 176 g/mol. The lowest BCUT2D eigenvalue weighted by atomic mass is 10.2. The minimum atomic E-state index is 0.666. The van der Waals surface area contributed by atoms with E-state index in [4.69, 9.17) is 9.15 Å². The average molecular weight is 176 g/mol. The molecule has 0 saturated carbocycles. The molecule has 0 atom stereocenters. The van der Waals surface area contributed by atoms with Crippen LogP contribution in [0.25, 0.3) is 11.0 Å². The summed E-state index contributed by atoms with van der Waals surface area (Å²) >= 11 is 0. The summed E-state index contributed by atoms with van der Waals surface area (Å²) in [6.07, 6.45) is 1.76. The van der Waals surface area contributed by atoms with Crippen LogP contribution in [0.15, 0.2) is 28.9 Å². The number of aryl methyl sites for hydroxylation is 1. The van der Waals surface area contributed by atoms with Gasteiger partial charge in [0, 0.05) is 5.39 Å². The molecule has 0 radical (unpaired) electrons. The number of ether oxygens (including phenoxy) is 1. The summed E-state index contributed by atoms with van der Waals surface area (Å²) in [6, 6.07) is 5.95. The fourth-order valence-corrected chi connectivity index (χ4v) is 1.43. The smallest absolute Gasteiger partial charge is 0.175 e. The first-order valence-electron chi connectivity index (χ1n) is 4.42. The van der Waals surface area contributed by atoms with Gasteiger partial charge in [-0.2, -0.15) is 0 Å². The molecule has 2 nitrogen and oxygen atoms in total. The third-order valence-corrected chi connectivity index (χ3v) is 2.06. The molecule has 0 saturated heterocycles. The van der Waals surface area contributed by atoms with Crippen molar-refractivity contribution < 1.29 is 9.15 Å². The normalized spacial score (nSPS) is 10.6. The van der Waals surface area contributed by atoms with Crippen LogP contribution in [0.4, 0.5) is 0 Å². The molecule has 2 aromatic rings. The molecule has 0 aliphatic rings. The Labute approximate surface area is 77.1 Å². The Kier molecular flexibility index (Phi) is 1.97. The first-order valence-corrected chi connectivity index (χ1v) is 4.42. The van der Waals surface area contributed by atoms with Gasteiger partial charge in [0.25, 0.3) is 0 Å². The third-order valence-electron chi connectivity index (χ3n) is 2.06. The molecular formula is C11H12O2. The van der Waals surface area contributed by atoms with Crippen molar-refractivity contribution in [2.24, 2.45) is 0 Å². The zero-order valence-corrected chi connectivity index (χ0v) is 7.83. The second-order valence-corrected chi connectivity index (χ2v) is 2.98. The van der Waals surface area contributed by atoms with E-state index in [0.717, 1.165) is 22.3 Å². The zero-order chi connectivity index (χ0) is 9.26. The van der Waals surface area contributed by atoms with Crippen LogP contribution in [-0.2, 0) is 0 Å². The van der Waals surface area contributed by atoms with Crippen molar-refractivity contribution in [3.8, 4) is 5.75 Å². The van der Waals surface area contributed by atoms with Crippen molar-refractivity contribution in [2.45, 2.75) is 13.8 Å². The van der Waals surface area contributed by atoms with Crippen molar-refractivity contribution >= 4 is 11.0 Å². The highest BCUT2D eigenvalue weighted by atomic mass is 16.5. The highest BCUT2D eigenvalue weighted by Gasteiger charge is 2.06. The highest BCUT2D eigenvalue weighted by Crippen LogP contribution is 2.28. The van der Waals surface area contributed by atoms with E-state index >= 15 is 0 Å². The molecule has 2 rings (SSSR count). The van der Waals surface area contributed by atoms with Gasteiger partial charge in [-0.25, -0.2) is 0 Å². The van der Waals surface area contributed by atoms with Gasteiger partial charge < -0.3 is 9.15 Å². The molecule has 0 unspecified atom stereocenters. The number of furan rings is 1. The molecule has 0 aliphatic heterocycles. The molecule has 0 aliphatic carbocycles. The Balaban J connectivity index is 2.63. The summed E-state index contributed by atoms with van der Waals surface area (Å²) in [4.78, 5) is 0. The number of rotatable bonds is 2. The SMILES string of the molecule is CCOc1cccc2c(C)coc12. The Morgan fingerprint density at radius 2 is 2.23 bits per heavy atom. The van der Waals surface area contributed by atoms with Crippen molar-refractivity contribution in [2.75, 3.05) is 6.61 Å². The van der Waals surface area contributed by atoms with Gasteiger partial charge >= 0.3 is 0 Å². The molecule has 0 fully saturated rings. The van der Waals surface area contributed by atoms with Gasteiger partial charge in [-0.15, -0.1) is 0 Å². The Morgan fingerprint density at radius 3 is 3.00 bits per heavy atom. The lowest BCUT2D eigenvalue weighted by Crippen LogP contribution is -1.90. The maximum absolute atomic E-state index is 5.44. The van der Waals surface area contributed by atoms with Crippen LogP contribution in [-0.4, -0.2) is 6.61 Å². The zero-order valence-electron chi connectivity index (χ0n) is 7.83. The van der Waals surface area contributed by atoms with Crippen LogP contribution < -0.4 is 4.74 Å². The van der Waals surface area contributed by atoms with Crippen LogP contribution in [0.3, 0.4) is 0 Å². The minimum absolute atomic E-state index is 0.666. The molecule has 0 bridgehead atoms. The van der Waals surface area contributed by atoms with Gasteiger partial charge in [-0.1, -0.05) is 12.1 Å². The second-order valence-electron chi connectivity index (χ2n) is 2.98. The van der Waals surface area contributed by atoms with Crippen molar-refractivity contribution in [1.82, 2.24) is 0 Å². The number of benzene rings is 1. The van der Waals surface area contributed by atoms with Gasteiger partial charge in [0.1, 0.15) is 0 Å². The van der Waals surface area contributed by atoms with E-state index in [0.29, 0.717) is 6.61 Å². The largest absolute Gasteiger partial charge is 0.490 e. The van der Waals surface area contributed by atoms with Gasteiger partial charge in [0.15, 0.2) is 11.3 Å². The summed E-state index contributed by atoms with van der Waals surface area (Å²) < 4.78 is 10.8. The second kappa shape index (κ2) is 3.13. The van der Waals surface area contributed by atoms with Gasteiger partial charge in [-0.3, -0.25) is 0 Å². The van der Waals surface area contributed by atoms with Crippen LogP contribution in [0.1, 0.15) is 12.5 Å². The quantitative estimate of drug-likeness (QED) is 0.701. The van der Waals surface area contributed by atoms with Gasteiger partial charge in [-0.05, 0) is 25.5 Å². The van der Waals surface area contributed by atoms with Crippen molar-refractivity contribution in [3.63, 3.8) is 0 Å². The fourth-order valence-electron chi connectivity index (χ4n) is 1.43. The summed E-state index contributed by atoms with van der Waals surface area (Å²) in [5.41, 5.74) is 2.00. The predicted octanol–water partition coefficient (Wildman–Crippen LogP) is 3.14. The Bertz CT molecular complexity index is 415. The fraction of sp³-hybridized carbons (Fsp3) is 0.273. The molecule has 68 valence electrons. The maximum Gasteiger partial charge on any atom is 0.175 e. The van der Waals surface area contributed by atoms with Crippen LogP contribution in [0, 0.1) is 6.92 Å². The minimum Gasteiger partial charge on any atom is -0.490 e. The van der Waals surface area contributed by atoms with Gasteiger partial charge in [0.05, 0.1) is 12.9 Å². The number of para-hydroxylation sites is 1. The number of hydrogen-bond acceptors (Lipinski definition) is 2. The van der Waals surface area contributed by atoms with E-state index in [9.17, 15) is 0 Å². The van der Waals surface area contributed by atoms with Crippen LogP contribution in [0.2, 0.25) is 0 Å². The maximum atomic E-state index is 5.44. The van der Waals surface area contributed by atoms with Crippen LogP contribution in [0.5, 0.6) is 5.75 Å². The van der Waals surface area contributed by atoms with E-state index in [1.807, 2.05) is 32.0 Å². The van der Waals surface area contributed by atoms with Crippen molar-refractivity contribution in [1.29, 1.82) is 0 Å². The number of fused-ring (bicyclic) bond motifs is 1. The Morgan fingerprint density at radius 1 is 1.38 bits per heavy atom. The highest BCUT2D eigenvalue weighted by molar-refractivity contribution is 5.85. The molecule has 1 aromatic heterocycles. The summed E-state index contributed by atoms with van der Waals surface area (Å²) in [5, 5.41) is 1.13. The summed E-state index contributed by atoms with van der Waals surface area (Å²) in [7, 11) is 0. The standard InChI is InChI=1S/C11H12O2/c1-3-12-10-6-4-5-9-8(2)7-13-11(9)10/h4-7H,3H2,1-2H3. The lowest BCUT2D eigenvalue weighted by Gasteiger charge is -2.02. The Hall–Kier alpha value is -1.44. The molecular weight excluding hydrogens is 164 g/mol. The van der Waals surface area contributed by atoms with Gasteiger partial charge in [0.2, 0.25) is 0 Å².